The summed E-state index contributed by atoms with van der Waals surface area (Å²) in [7, 11) is 1.63. The summed E-state index contributed by atoms with van der Waals surface area (Å²) in [5, 5.41) is 3.04. The van der Waals surface area contributed by atoms with Gasteiger partial charge in [-0.05, 0) is 61.7 Å². The topological polar surface area (TPSA) is 67.9 Å². The number of ether oxygens (including phenoxy) is 2. The van der Waals surface area contributed by atoms with E-state index in [0.717, 1.165) is 17.1 Å². The van der Waals surface area contributed by atoms with Gasteiger partial charge in [0.05, 0.1) is 13.7 Å². The van der Waals surface area contributed by atoms with Gasteiger partial charge in [0.1, 0.15) is 11.5 Å². The molecule has 2 aromatic carbocycles. The SMILES string of the molecule is CCOc1ccc(C(=O)N2CCC(C)(C(=O)NCc3ccc(OC)cc3)CC2)cc1. The zero-order valence-corrected chi connectivity index (χ0v) is 17.9. The molecule has 1 N–H and O–H groups in total. The lowest BCUT2D eigenvalue weighted by Gasteiger charge is -2.38. The molecule has 0 aromatic heterocycles. The van der Waals surface area contributed by atoms with Crippen LogP contribution in [0, 0.1) is 5.41 Å². The first-order valence-electron chi connectivity index (χ1n) is 10.4. The van der Waals surface area contributed by atoms with Crippen LogP contribution >= 0.6 is 0 Å². The van der Waals surface area contributed by atoms with Crippen LogP contribution in [0.1, 0.15) is 42.6 Å². The number of nitrogens with one attached hydrogen (secondary N) is 1. The van der Waals surface area contributed by atoms with Crippen molar-refractivity contribution in [2.45, 2.75) is 33.2 Å². The average Bonchev–Trinajstić information content (AvgIpc) is 2.78. The van der Waals surface area contributed by atoms with Gasteiger partial charge in [-0.15, -0.1) is 0 Å². The van der Waals surface area contributed by atoms with Crippen molar-refractivity contribution in [1.82, 2.24) is 10.2 Å². The maximum absolute atomic E-state index is 12.8. The Morgan fingerprint density at radius 2 is 1.60 bits per heavy atom. The molecule has 6 nitrogen and oxygen atoms in total. The molecule has 3 rings (SSSR count). The van der Waals surface area contributed by atoms with E-state index >= 15 is 0 Å². The Bertz CT molecular complexity index is 854. The number of hydrogen-bond donors (Lipinski definition) is 1. The standard InChI is InChI=1S/C24H30N2O4/c1-4-30-21-11-7-19(8-12-21)22(27)26-15-13-24(2,14-16-26)23(28)25-17-18-5-9-20(29-3)10-6-18/h5-12H,4,13-17H2,1-3H3,(H,25,28). The molecule has 1 heterocycles. The highest BCUT2D eigenvalue weighted by atomic mass is 16.5. The molecule has 2 amide bonds. The van der Waals surface area contributed by atoms with Crippen molar-refractivity contribution in [2.75, 3.05) is 26.8 Å². The molecule has 1 aliphatic rings. The highest BCUT2D eigenvalue weighted by Crippen LogP contribution is 2.32. The van der Waals surface area contributed by atoms with Gasteiger partial charge in [0.15, 0.2) is 0 Å². The highest BCUT2D eigenvalue weighted by molar-refractivity contribution is 5.94. The summed E-state index contributed by atoms with van der Waals surface area (Å²) in [6, 6.07) is 14.9. The summed E-state index contributed by atoms with van der Waals surface area (Å²) in [5.74, 6) is 1.58. The van der Waals surface area contributed by atoms with Crippen LogP contribution in [0.5, 0.6) is 11.5 Å². The first kappa shape index (κ1) is 21.7. The Morgan fingerprint density at radius 3 is 2.17 bits per heavy atom. The van der Waals surface area contributed by atoms with E-state index < -0.39 is 5.41 Å². The lowest BCUT2D eigenvalue weighted by molar-refractivity contribution is -0.132. The van der Waals surface area contributed by atoms with Crippen LogP contribution in [-0.4, -0.2) is 43.5 Å². The zero-order chi connectivity index (χ0) is 21.6. The third-order valence-electron chi connectivity index (χ3n) is 5.73. The molecule has 1 saturated heterocycles. The lowest BCUT2D eigenvalue weighted by Crippen LogP contribution is -2.48. The van der Waals surface area contributed by atoms with E-state index in [1.165, 1.54) is 0 Å². The van der Waals surface area contributed by atoms with Crippen molar-refractivity contribution >= 4 is 11.8 Å². The van der Waals surface area contributed by atoms with Gasteiger partial charge in [-0.25, -0.2) is 0 Å². The molecule has 6 heteroatoms. The minimum Gasteiger partial charge on any atom is -0.497 e. The summed E-state index contributed by atoms with van der Waals surface area (Å²) in [6.07, 6.45) is 1.29. The summed E-state index contributed by atoms with van der Waals surface area (Å²) in [4.78, 5) is 27.4. The molecule has 0 atom stereocenters. The first-order valence-corrected chi connectivity index (χ1v) is 10.4. The van der Waals surface area contributed by atoms with E-state index in [9.17, 15) is 9.59 Å². The van der Waals surface area contributed by atoms with E-state index in [-0.39, 0.29) is 11.8 Å². The molecule has 0 aliphatic carbocycles. The van der Waals surface area contributed by atoms with E-state index in [1.807, 2.05) is 55.1 Å². The van der Waals surface area contributed by atoms with Crippen molar-refractivity contribution < 1.29 is 19.1 Å². The predicted octanol–water partition coefficient (Wildman–Crippen LogP) is 3.65. The van der Waals surface area contributed by atoms with E-state index in [4.69, 9.17) is 9.47 Å². The molecule has 30 heavy (non-hydrogen) atoms. The van der Waals surface area contributed by atoms with E-state index in [1.54, 1.807) is 19.2 Å². The quantitative estimate of drug-likeness (QED) is 0.757. The fourth-order valence-electron chi connectivity index (χ4n) is 3.61. The number of likely N-dealkylation sites (tertiary alicyclic amines) is 1. The van der Waals surface area contributed by atoms with Crippen molar-refractivity contribution in [3.63, 3.8) is 0 Å². The highest BCUT2D eigenvalue weighted by Gasteiger charge is 2.38. The van der Waals surface area contributed by atoms with Gasteiger partial charge in [0.2, 0.25) is 5.91 Å². The molecule has 2 aromatic rings. The fraction of sp³-hybridized carbons (Fsp3) is 0.417. The lowest BCUT2D eigenvalue weighted by atomic mass is 9.79. The largest absolute Gasteiger partial charge is 0.497 e. The van der Waals surface area contributed by atoms with Crippen LogP contribution in [0.3, 0.4) is 0 Å². The second-order valence-corrected chi connectivity index (χ2v) is 7.84. The molecular weight excluding hydrogens is 380 g/mol. The average molecular weight is 411 g/mol. The number of nitrogens with zero attached hydrogens (tertiary/aromatic N) is 1. The predicted molar refractivity (Wildman–Crippen MR) is 116 cm³/mol. The third-order valence-corrected chi connectivity index (χ3v) is 5.73. The van der Waals surface area contributed by atoms with Crippen molar-refractivity contribution in [2.24, 2.45) is 5.41 Å². The van der Waals surface area contributed by atoms with Crippen LogP contribution in [0.25, 0.3) is 0 Å². The van der Waals surface area contributed by atoms with Gasteiger partial charge >= 0.3 is 0 Å². The first-order chi connectivity index (χ1) is 14.4. The molecule has 160 valence electrons. The molecule has 0 spiro atoms. The molecule has 0 bridgehead atoms. The van der Waals surface area contributed by atoms with E-state index in [0.29, 0.717) is 44.6 Å². The third kappa shape index (κ3) is 5.12. The summed E-state index contributed by atoms with van der Waals surface area (Å²) >= 11 is 0. The van der Waals surface area contributed by atoms with Crippen LogP contribution in [-0.2, 0) is 11.3 Å². The number of carbonyl (C=O) groups is 2. The number of methoxy groups -OCH3 is 1. The number of piperidine rings is 1. The Labute approximate surface area is 178 Å². The minimum absolute atomic E-state index is 0.00117. The molecule has 0 saturated carbocycles. The Hall–Kier alpha value is -3.02. The number of carbonyl (C=O) groups excluding carboxylic acids is 2. The molecule has 1 aliphatic heterocycles. The minimum atomic E-state index is -0.470. The number of hydrogen-bond acceptors (Lipinski definition) is 4. The van der Waals surface area contributed by atoms with Gasteiger partial charge < -0.3 is 19.7 Å². The monoisotopic (exact) mass is 410 g/mol. The molecular formula is C24H30N2O4. The summed E-state index contributed by atoms with van der Waals surface area (Å²) in [5.41, 5.74) is 1.20. The summed E-state index contributed by atoms with van der Waals surface area (Å²) in [6.45, 7) is 6.12. The Kier molecular flexibility index (Phi) is 6.98. The van der Waals surface area contributed by atoms with Crippen LogP contribution in [0.4, 0.5) is 0 Å². The normalized spacial score (nSPS) is 15.4. The number of rotatable bonds is 7. The molecule has 1 fully saturated rings. The molecule has 0 radical (unpaired) electrons. The van der Waals surface area contributed by atoms with Crippen LogP contribution in [0.2, 0.25) is 0 Å². The maximum Gasteiger partial charge on any atom is 0.253 e. The maximum atomic E-state index is 12.8. The van der Waals surface area contributed by atoms with Gasteiger partial charge in [-0.3, -0.25) is 9.59 Å². The second kappa shape index (κ2) is 9.65. The van der Waals surface area contributed by atoms with Gasteiger partial charge in [-0.1, -0.05) is 19.1 Å². The van der Waals surface area contributed by atoms with E-state index in [2.05, 4.69) is 5.32 Å². The van der Waals surface area contributed by atoms with Crippen molar-refractivity contribution in [1.29, 1.82) is 0 Å². The van der Waals surface area contributed by atoms with Crippen LogP contribution < -0.4 is 14.8 Å². The second-order valence-electron chi connectivity index (χ2n) is 7.84. The van der Waals surface area contributed by atoms with Crippen molar-refractivity contribution in [3.05, 3.63) is 59.7 Å². The van der Waals surface area contributed by atoms with Crippen LogP contribution in [0.15, 0.2) is 48.5 Å². The summed E-state index contributed by atoms with van der Waals surface area (Å²) < 4.78 is 10.6. The fourth-order valence-corrected chi connectivity index (χ4v) is 3.61. The number of amides is 2. The Morgan fingerprint density at radius 1 is 1.00 bits per heavy atom. The van der Waals surface area contributed by atoms with Gasteiger partial charge in [0, 0.05) is 30.6 Å². The van der Waals surface area contributed by atoms with Gasteiger partial charge in [0.25, 0.3) is 5.91 Å². The van der Waals surface area contributed by atoms with Crippen molar-refractivity contribution in [3.8, 4) is 11.5 Å². The Balaban J connectivity index is 1.52. The molecule has 0 unspecified atom stereocenters. The number of benzene rings is 2. The van der Waals surface area contributed by atoms with Gasteiger partial charge in [-0.2, -0.15) is 0 Å². The smallest absolute Gasteiger partial charge is 0.253 e. The zero-order valence-electron chi connectivity index (χ0n) is 17.9.